The number of fused-ring (bicyclic) bond motifs is 2. The largest absolute Gasteiger partial charge is 0.492 e. The van der Waals surface area contributed by atoms with Crippen molar-refractivity contribution in [2.45, 2.75) is 43.8 Å². The highest BCUT2D eigenvalue weighted by molar-refractivity contribution is 5.34. The summed E-state index contributed by atoms with van der Waals surface area (Å²) < 4.78 is 5.78. The van der Waals surface area contributed by atoms with Crippen LogP contribution in [0.2, 0.25) is 0 Å². The number of nitriles is 1. The first-order valence-electron chi connectivity index (χ1n) is 7.40. The molecule has 2 heterocycles. The van der Waals surface area contributed by atoms with Gasteiger partial charge in [0.25, 0.3) is 0 Å². The van der Waals surface area contributed by atoms with Crippen molar-refractivity contribution in [2.75, 3.05) is 13.2 Å². The van der Waals surface area contributed by atoms with E-state index >= 15 is 0 Å². The first kappa shape index (κ1) is 13.4. The van der Waals surface area contributed by atoms with Gasteiger partial charge in [0.2, 0.25) is 0 Å². The van der Waals surface area contributed by atoms with E-state index in [1.807, 2.05) is 12.1 Å². The molecule has 2 unspecified atom stereocenters. The van der Waals surface area contributed by atoms with Crippen LogP contribution in [0.15, 0.2) is 24.3 Å². The highest BCUT2D eigenvalue weighted by Crippen LogP contribution is 2.34. The first-order chi connectivity index (χ1) is 9.76. The zero-order valence-corrected chi connectivity index (χ0v) is 11.7. The van der Waals surface area contributed by atoms with Gasteiger partial charge in [0, 0.05) is 24.7 Å². The highest BCUT2D eigenvalue weighted by Gasteiger charge is 2.39. The smallest absolute Gasteiger partial charge is 0.119 e. The van der Waals surface area contributed by atoms with E-state index in [0.717, 1.165) is 25.1 Å². The third-order valence-corrected chi connectivity index (χ3v) is 4.52. The third kappa shape index (κ3) is 2.79. The predicted octanol–water partition coefficient (Wildman–Crippen LogP) is 1.89. The summed E-state index contributed by atoms with van der Waals surface area (Å²) in [6.07, 6.45) is 4.84. The maximum absolute atomic E-state index is 8.75. The molecule has 4 nitrogen and oxygen atoms in total. The number of rotatable bonds is 4. The van der Waals surface area contributed by atoms with Gasteiger partial charge in [0.15, 0.2) is 0 Å². The van der Waals surface area contributed by atoms with Crippen LogP contribution >= 0.6 is 0 Å². The monoisotopic (exact) mass is 271 g/mol. The number of hydrogen-bond acceptors (Lipinski definition) is 4. The van der Waals surface area contributed by atoms with Crippen molar-refractivity contribution in [3.63, 3.8) is 0 Å². The molecule has 2 fully saturated rings. The fourth-order valence-corrected chi connectivity index (χ4v) is 3.58. The molecule has 1 aromatic rings. The number of piperidine rings is 1. The Hall–Kier alpha value is -1.57. The Morgan fingerprint density at radius 1 is 1.20 bits per heavy atom. The molecule has 0 radical (unpaired) electrons. The third-order valence-electron chi connectivity index (χ3n) is 4.52. The summed E-state index contributed by atoms with van der Waals surface area (Å²) in [5.41, 5.74) is 6.75. The van der Waals surface area contributed by atoms with E-state index in [1.165, 1.54) is 12.8 Å². The summed E-state index contributed by atoms with van der Waals surface area (Å²) in [5.74, 6) is 0.838. The Labute approximate surface area is 120 Å². The van der Waals surface area contributed by atoms with Gasteiger partial charge in [-0.1, -0.05) is 0 Å². The molecule has 0 aromatic heterocycles. The van der Waals surface area contributed by atoms with Crippen molar-refractivity contribution < 1.29 is 4.74 Å². The molecule has 2 saturated heterocycles. The van der Waals surface area contributed by atoms with Crippen molar-refractivity contribution in [2.24, 2.45) is 5.73 Å². The summed E-state index contributed by atoms with van der Waals surface area (Å²) in [6.45, 7) is 1.68. The molecule has 2 aliphatic heterocycles. The van der Waals surface area contributed by atoms with Crippen LogP contribution in [0.25, 0.3) is 0 Å². The summed E-state index contributed by atoms with van der Waals surface area (Å²) >= 11 is 0. The second-order valence-electron chi connectivity index (χ2n) is 5.84. The lowest BCUT2D eigenvalue weighted by Crippen LogP contribution is -2.48. The average Bonchev–Trinajstić information content (AvgIpc) is 2.70. The molecule has 2 N–H and O–H groups in total. The zero-order valence-electron chi connectivity index (χ0n) is 11.7. The van der Waals surface area contributed by atoms with Crippen LogP contribution < -0.4 is 10.5 Å². The number of benzene rings is 1. The highest BCUT2D eigenvalue weighted by atomic mass is 16.5. The van der Waals surface area contributed by atoms with Gasteiger partial charge >= 0.3 is 0 Å². The van der Waals surface area contributed by atoms with Crippen LogP contribution in [-0.2, 0) is 0 Å². The molecule has 2 aliphatic rings. The van der Waals surface area contributed by atoms with Crippen molar-refractivity contribution in [1.82, 2.24) is 4.90 Å². The van der Waals surface area contributed by atoms with Gasteiger partial charge in [-0.15, -0.1) is 0 Å². The predicted molar refractivity (Wildman–Crippen MR) is 77.4 cm³/mol. The second kappa shape index (κ2) is 5.82. The SMILES string of the molecule is N#Cc1ccc(OCCN2C3CCC2CC(N)C3)cc1. The molecule has 0 saturated carbocycles. The maximum Gasteiger partial charge on any atom is 0.119 e. The molecule has 20 heavy (non-hydrogen) atoms. The number of nitrogens with two attached hydrogens (primary N) is 1. The zero-order chi connectivity index (χ0) is 13.9. The average molecular weight is 271 g/mol. The van der Waals surface area contributed by atoms with Crippen LogP contribution in [0.4, 0.5) is 0 Å². The Bertz CT molecular complexity index is 479. The van der Waals surface area contributed by atoms with Crippen LogP contribution in [0, 0.1) is 11.3 Å². The summed E-state index contributed by atoms with van der Waals surface area (Å²) in [7, 11) is 0. The van der Waals surface area contributed by atoms with Gasteiger partial charge in [0.1, 0.15) is 12.4 Å². The molecule has 2 atom stereocenters. The minimum absolute atomic E-state index is 0.392. The molecule has 3 rings (SSSR count). The van der Waals surface area contributed by atoms with Gasteiger partial charge in [-0.05, 0) is 49.9 Å². The van der Waals surface area contributed by atoms with Crippen molar-refractivity contribution >= 4 is 0 Å². The number of ether oxygens (including phenoxy) is 1. The molecule has 2 bridgehead atoms. The number of hydrogen-bond donors (Lipinski definition) is 1. The van der Waals surface area contributed by atoms with Crippen molar-refractivity contribution in [3.05, 3.63) is 29.8 Å². The Balaban J connectivity index is 1.49. The Morgan fingerprint density at radius 3 is 2.45 bits per heavy atom. The second-order valence-corrected chi connectivity index (χ2v) is 5.84. The van der Waals surface area contributed by atoms with Crippen LogP contribution in [0.5, 0.6) is 5.75 Å². The fourth-order valence-electron chi connectivity index (χ4n) is 3.58. The molecule has 1 aromatic carbocycles. The molecule has 4 heteroatoms. The molecule has 106 valence electrons. The molecular formula is C16H21N3O. The van der Waals surface area contributed by atoms with E-state index in [0.29, 0.717) is 30.3 Å². The van der Waals surface area contributed by atoms with E-state index in [1.54, 1.807) is 12.1 Å². The van der Waals surface area contributed by atoms with Gasteiger partial charge in [-0.25, -0.2) is 0 Å². The summed E-state index contributed by atoms with van der Waals surface area (Å²) in [4.78, 5) is 2.58. The van der Waals surface area contributed by atoms with E-state index in [9.17, 15) is 0 Å². The van der Waals surface area contributed by atoms with E-state index in [-0.39, 0.29) is 0 Å². The van der Waals surface area contributed by atoms with Gasteiger partial charge in [-0.2, -0.15) is 5.26 Å². The normalized spacial score (nSPS) is 29.1. The standard InChI is InChI=1S/C16H21N3O/c17-11-12-1-5-16(6-2-12)20-8-7-19-14-3-4-15(19)10-13(18)9-14/h1-2,5-6,13-15H,3-4,7-10,18H2. The molecule has 0 spiro atoms. The lowest BCUT2D eigenvalue weighted by molar-refractivity contribution is 0.106. The van der Waals surface area contributed by atoms with E-state index in [2.05, 4.69) is 11.0 Å². The summed E-state index contributed by atoms with van der Waals surface area (Å²) in [6, 6.07) is 11.1. The van der Waals surface area contributed by atoms with Gasteiger partial charge in [-0.3, -0.25) is 4.90 Å². The Morgan fingerprint density at radius 2 is 1.85 bits per heavy atom. The quantitative estimate of drug-likeness (QED) is 0.908. The van der Waals surface area contributed by atoms with Crippen LogP contribution in [0.3, 0.4) is 0 Å². The minimum atomic E-state index is 0.392. The maximum atomic E-state index is 8.75. The van der Waals surface area contributed by atoms with E-state index in [4.69, 9.17) is 15.7 Å². The van der Waals surface area contributed by atoms with Crippen LogP contribution in [-0.4, -0.2) is 36.2 Å². The molecule has 0 aliphatic carbocycles. The van der Waals surface area contributed by atoms with E-state index < -0.39 is 0 Å². The molecular weight excluding hydrogens is 250 g/mol. The topological polar surface area (TPSA) is 62.3 Å². The summed E-state index contributed by atoms with van der Waals surface area (Å²) in [5, 5.41) is 8.75. The van der Waals surface area contributed by atoms with Crippen molar-refractivity contribution in [1.29, 1.82) is 5.26 Å². The van der Waals surface area contributed by atoms with Crippen molar-refractivity contribution in [3.8, 4) is 11.8 Å². The molecule has 0 amide bonds. The van der Waals surface area contributed by atoms with Gasteiger partial charge in [0.05, 0.1) is 11.6 Å². The minimum Gasteiger partial charge on any atom is -0.492 e. The first-order valence-corrected chi connectivity index (χ1v) is 7.40. The van der Waals surface area contributed by atoms with Crippen LogP contribution in [0.1, 0.15) is 31.2 Å². The lowest BCUT2D eigenvalue weighted by atomic mass is 9.98. The number of nitrogens with zero attached hydrogens (tertiary/aromatic N) is 2. The fraction of sp³-hybridized carbons (Fsp3) is 0.562. The van der Waals surface area contributed by atoms with Gasteiger partial charge < -0.3 is 10.5 Å². The lowest BCUT2D eigenvalue weighted by Gasteiger charge is -2.37. The Kier molecular flexibility index (Phi) is 3.90.